The Hall–Kier alpha value is -1.52. The Morgan fingerprint density at radius 1 is 1.48 bits per heavy atom. The molecule has 1 unspecified atom stereocenters. The fourth-order valence-corrected chi connectivity index (χ4v) is 3.81. The third-order valence-electron chi connectivity index (χ3n) is 4.07. The van der Waals surface area contributed by atoms with Crippen LogP contribution in [-0.2, 0) is 6.54 Å². The molecule has 2 aromatic heterocycles. The standard InChI is InChI=1S/C17H20N2OS/c1-13(20)17-9-14(12-21-17)11-19-8-3-2-6-16(19)15-5-4-7-18-10-15/h4-5,7,9-10,12,16H,2-3,6,8,11H2,1H3. The van der Waals surface area contributed by atoms with Crippen LogP contribution >= 0.6 is 11.3 Å². The molecule has 1 aliphatic heterocycles. The number of thiophene rings is 1. The molecule has 2 aromatic rings. The lowest BCUT2D eigenvalue weighted by molar-refractivity contribution is 0.102. The molecule has 0 aromatic carbocycles. The van der Waals surface area contributed by atoms with Crippen LogP contribution in [0, 0.1) is 0 Å². The van der Waals surface area contributed by atoms with Gasteiger partial charge in [-0.1, -0.05) is 12.5 Å². The Bertz CT molecular complexity index is 608. The molecule has 3 rings (SSSR count). The Morgan fingerprint density at radius 3 is 3.10 bits per heavy atom. The van der Waals surface area contributed by atoms with Crippen LogP contribution in [-0.4, -0.2) is 22.2 Å². The van der Waals surface area contributed by atoms with Crippen LogP contribution < -0.4 is 0 Å². The Kier molecular flexibility index (Phi) is 4.46. The number of aromatic nitrogens is 1. The lowest BCUT2D eigenvalue weighted by Crippen LogP contribution is -2.32. The minimum atomic E-state index is 0.161. The van der Waals surface area contributed by atoms with E-state index in [4.69, 9.17) is 0 Å². The summed E-state index contributed by atoms with van der Waals surface area (Å²) in [4.78, 5) is 19.1. The number of Topliss-reactive ketones (excluding diaryl/α,β-unsaturated/α-hetero) is 1. The van der Waals surface area contributed by atoms with Crippen LogP contribution in [0.5, 0.6) is 0 Å². The molecule has 1 aliphatic rings. The van der Waals surface area contributed by atoms with Crippen molar-refractivity contribution < 1.29 is 4.79 Å². The van der Waals surface area contributed by atoms with Crippen LogP contribution in [0.4, 0.5) is 0 Å². The van der Waals surface area contributed by atoms with Crippen molar-refractivity contribution in [3.63, 3.8) is 0 Å². The molecule has 0 aliphatic carbocycles. The third kappa shape index (κ3) is 3.39. The maximum absolute atomic E-state index is 11.4. The molecule has 1 saturated heterocycles. The zero-order valence-electron chi connectivity index (χ0n) is 12.3. The Morgan fingerprint density at radius 2 is 2.38 bits per heavy atom. The lowest BCUT2D eigenvalue weighted by atomic mass is 9.96. The Labute approximate surface area is 129 Å². The zero-order valence-corrected chi connectivity index (χ0v) is 13.1. The monoisotopic (exact) mass is 300 g/mol. The first kappa shape index (κ1) is 14.4. The molecule has 0 amide bonds. The minimum Gasteiger partial charge on any atom is -0.294 e. The Balaban J connectivity index is 1.76. The van der Waals surface area contributed by atoms with E-state index in [0.717, 1.165) is 18.0 Å². The fourth-order valence-electron chi connectivity index (χ4n) is 3.01. The van der Waals surface area contributed by atoms with E-state index in [1.54, 1.807) is 18.3 Å². The van der Waals surface area contributed by atoms with Crippen LogP contribution in [0.2, 0.25) is 0 Å². The van der Waals surface area contributed by atoms with Gasteiger partial charge < -0.3 is 0 Å². The summed E-state index contributed by atoms with van der Waals surface area (Å²) in [6.45, 7) is 3.67. The van der Waals surface area contributed by atoms with Gasteiger partial charge in [-0.05, 0) is 54.9 Å². The molecule has 0 radical (unpaired) electrons. The van der Waals surface area contributed by atoms with E-state index >= 15 is 0 Å². The van der Waals surface area contributed by atoms with Crippen molar-refractivity contribution in [1.82, 2.24) is 9.88 Å². The van der Waals surface area contributed by atoms with E-state index in [-0.39, 0.29) is 5.78 Å². The average molecular weight is 300 g/mol. The zero-order chi connectivity index (χ0) is 14.7. The fraction of sp³-hybridized carbons (Fsp3) is 0.412. The SMILES string of the molecule is CC(=O)c1cc(CN2CCCCC2c2cccnc2)cs1. The molecule has 0 saturated carbocycles. The molecular formula is C17H20N2OS. The highest BCUT2D eigenvalue weighted by Gasteiger charge is 2.24. The summed E-state index contributed by atoms with van der Waals surface area (Å²) in [5.41, 5.74) is 2.56. The number of rotatable bonds is 4. The van der Waals surface area contributed by atoms with Gasteiger partial charge >= 0.3 is 0 Å². The van der Waals surface area contributed by atoms with Crippen molar-refractivity contribution in [3.8, 4) is 0 Å². The van der Waals surface area contributed by atoms with Gasteiger partial charge in [0.15, 0.2) is 5.78 Å². The van der Waals surface area contributed by atoms with Gasteiger partial charge in [-0.25, -0.2) is 0 Å². The van der Waals surface area contributed by atoms with Crippen molar-refractivity contribution in [3.05, 3.63) is 52.0 Å². The van der Waals surface area contributed by atoms with E-state index in [9.17, 15) is 4.79 Å². The number of hydrogen-bond donors (Lipinski definition) is 0. The van der Waals surface area contributed by atoms with E-state index in [1.165, 1.54) is 30.4 Å². The van der Waals surface area contributed by atoms with Gasteiger partial charge in [0.25, 0.3) is 0 Å². The molecule has 3 nitrogen and oxygen atoms in total. The topological polar surface area (TPSA) is 33.2 Å². The predicted octanol–water partition coefficient (Wildman–Crippen LogP) is 4.07. The second kappa shape index (κ2) is 6.50. The molecule has 1 fully saturated rings. The van der Waals surface area contributed by atoms with Crippen molar-refractivity contribution in [1.29, 1.82) is 0 Å². The van der Waals surface area contributed by atoms with Crippen molar-refractivity contribution in [2.45, 2.75) is 38.8 Å². The first-order chi connectivity index (χ1) is 10.2. The summed E-state index contributed by atoms with van der Waals surface area (Å²) in [5.74, 6) is 0.161. The largest absolute Gasteiger partial charge is 0.294 e. The first-order valence-electron chi connectivity index (χ1n) is 7.46. The van der Waals surface area contributed by atoms with Gasteiger partial charge in [0.05, 0.1) is 4.88 Å². The summed E-state index contributed by atoms with van der Waals surface area (Å²) in [7, 11) is 0. The quantitative estimate of drug-likeness (QED) is 0.798. The van der Waals surface area contributed by atoms with Gasteiger partial charge in [0.2, 0.25) is 0 Å². The number of likely N-dealkylation sites (tertiary alicyclic amines) is 1. The van der Waals surface area contributed by atoms with Crippen LogP contribution in [0.1, 0.15) is 53.0 Å². The molecule has 0 N–H and O–H groups in total. The number of ketones is 1. The highest BCUT2D eigenvalue weighted by Crippen LogP contribution is 2.32. The molecule has 1 atom stereocenters. The highest BCUT2D eigenvalue weighted by atomic mass is 32.1. The minimum absolute atomic E-state index is 0.161. The van der Waals surface area contributed by atoms with Crippen LogP contribution in [0.3, 0.4) is 0 Å². The molecule has 0 spiro atoms. The van der Waals surface area contributed by atoms with Gasteiger partial charge in [-0.3, -0.25) is 14.7 Å². The number of nitrogens with zero attached hydrogens (tertiary/aromatic N) is 2. The summed E-state index contributed by atoms with van der Waals surface area (Å²) < 4.78 is 0. The van der Waals surface area contributed by atoms with Gasteiger partial charge in [0.1, 0.15) is 0 Å². The number of piperidine rings is 1. The molecule has 4 heteroatoms. The van der Waals surface area contributed by atoms with Gasteiger partial charge in [-0.2, -0.15) is 0 Å². The number of pyridine rings is 1. The van der Waals surface area contributed by atoms with Crippen molar-refractivity contribution >= 4 is 17.1 Å². The maximum atomic E-state index is 11.4. The van der Waals surface area contributed by atoms with Crippen molar-refractivity contribution in [2.75, 3.05) is 6.54 Å². The molecule has 3 heterocycles. The van der Waals surface area contributed by atoms with Gasteiger partial charge in [-0.15, -0.1) is 11.3 Å². The summed E-state index contributed by atoms with van der Waals surface area (Å²) in [5, 5.41) is 2.12. The summed E-state index contributed by atoms with van der Waals surface area (Å²) in [6, 6.07) is 6.68. The number of hydrogen-bond acceptors (Lipinski definition) is 4. The smallest absolute Gasteiger partial charge is 0.169 e. The molecule has 110 valence electrons. The third-order valence-corrected chi connectivity index (χ3v) is 5.15. The molecule has 0 bridgehead atoms. The number of carbonyl (C=O) groups is 1. The molecular weight excluding hydrogens is 280 g/mol. The van der Waals surface area contributed by atoms with E-state index in [0.29, 0.717) is 6.04 Å². The van der Waals surface area contributed by atoms with E-state index < -0.39 is 0 Å². The maximum Gasteiger partial charge on any atom is 0.169 e. The summed E-state index contributed by atoms with van der Waals surface area (Å²) >= 11 is 1.55. The van der Waals surface area contributed by atoms with E-state index in [1.807, 2.05) is 24.5 Å². The van der Waals surface area contributed by atoms with Crippen LogP contribution in [0.15, 0.2) is 36.0 Å². The second-order valence-electron chi connectivity index (χ2n) is 5.64. The van der Waals surface area contributed by atoms with Gasteiger partial charge in [0, 0.05) is 25.0 Å². The molecule has 21 heavy (non-hydrogen) atoms. The second-order valence-corrected chi connectivity index (χ2v) is 6.56. The van der Waals surface area contributed by atoms with Crippen molar-refractivity contribution in [2.24, 2.45) is 0 Å². The lowest BCUT2D eigenvalue weighted by Gasteiger charge is -2.35. The van der Waals surface area contributed by atoms with E-state index in [2.05, 4.69) is 21.3 Å². The number of carbonyl (C=O) groups excluding carboxylic acids is 1. The van der Waals surface area contributed by atoms with Crippen LogP contribution in [0.25, 0.3) is 0 Å². The predicted molar refractivity (Wildman–Crippen MR) is 85.6 cm³/mol. The first-order valence-corrected chi connectivity index (χ1v) is 8.34. The highest BCUT2D eigenvalue weighted by molar-refractivity contribution is 7.12. The average Bonchev–Trinajstić information content (AvgIpc) is 2.98. The normalized spacial score (nSPS) is 19.6. The summed E-state index contributed by atoms with van der Waals surface area (Å²) in [6.07, 6.45) is 7.53.